The molecule has 4 rings (SSSR count). The van der Waals surface area contributed by atoms with Crippen LogP contribution in [0.2, 0.25) is 0 Å². The number of hydrogen-bond donors (Lipinski definition) is 2. The molecule has 4 aromatic rings. The zero-order valence-corrected chi connectivity index (χ0v) is 15.0. The van der Waals surface area contributed by atoms with E-state index in [4.69, 9.17) is 4.74 Å². The molecule has 0 fully saturated rings. The van der Waals surface area contributed by atoms with Gasteiger partial charge in [-0.05, 0) is 13.0 Å². The Labute approximate surface area is 156 Å². The number of nitrogens with zero attached hydrogens (tertiary/aromatic N) is 2. The Balaban J connectivity index is 1.63. The number of rotatable bonds is 3. The summed E-state index contributed by atoms with van der Waals surface area (Å²) in [5.74, 6) is -1.23. The predicted octanol–water partition coefficient (Wildman–Crippen LogP) is 2.99. The first-order valence-corrected chi connectivity index (χ1v) is 8.91. The number of phenols is 2. The van der Waals surface area contributed by atoms with Gasteiger partial charge in [0, 0.05) is 27.9 Å². The van der Waals surface area contributed by atoms with Gasteiger partial charge in [-0.2, -0.15) is 0 Å². The first kappa shape index (κ1) is 17.0. The molecule has 0 aliphatic heterocycles. The van der Waals surface area contributed by atoms with E-state index in [1.54, 1.807) is 31.2 Å². The third-order valence-electron chi connectivity index (χ3n) is 4.19. The molecule has 8 heteroatoms. The Bertz CT molecular complexity index is 1260. The Morgan fingerprint density at radius 3 is 2.74 bits per heavy atom. The minimum absolute atomic E-state index is 0.137. The van der Waals surface area contributed by atoms with Crippen molar-refractivity contribution in [2.24, 2.45) is 0 Å². The second-order valence-electron chi connectivity index (χ2n) is 5.99. The van der Waals surface area contributed by atoms with Crippen LogP contribution in [0.1, 0.15) is 21.7 Å². The lowest BCUT2D eigenvalue weighted by atomic mass is 10.0. The number of ether oxygens (including phenoxy) is 1. The molecule has 0 aliphatic rings. The summed E-state index contributed by atoms with van der Waals surface area (Å²) in [6, 6.07) is 9.09. The van der Waals surface area contributed by atoms with E-state index in [1.807, 2.05) is 5.38 Å². The fourth-order valence-electron chi connectivity index (χ4n) is 2.89. The van der Waals surface area contributed by atoms with Gasteiger partial charge in [0.15, 0.2) is 4.96 Å². The lowest BCUT2D eigenvalue weighted by Crippen LogP contribution is -2.16. The van der Waals surface area contributed by atoms with Gasteiger partial charge < -0.3 is 14.9 Å². The molecule has 2 aromatic carbocycles. The van der Waals surface area contributed by atoms with E-state index >= 15 is 0 Å². The lowest BCUT2D eigenvalue weighted by molar-refractivity contribution is 0.0464. The van der Waals surface area contributed by atoms with E-state index in [-0.39, 0.29) is 29.2 Å². The summed E-state index contributed by atoms with van der Waals surface area (Å²) in [6.45, 7) is 1.58. The molecular formula is C19H14N2O5S. The number of aromatic hydroxyl groups is 2. The molecule has 0 radical (unpaired) electrons. The number of carbonyl (C=O) groups is 1. The van der Waals surface area contributed by atoms with Crippen LogP contribution < -0.4 is 5.56 Å². The smallest absolute Gasteiger partial charge is 0.342 e. The molecule has 136 valence electrons. The minimum Gasteiger partial charge on any atom is -0.507 e. The van der Waals surface area contributed by atoms with Crippen molar-refractivity contribution in [1.82, 2.24) is 9.38 Å². The Morgan fingerprint density at radius 1 is 1.22 bits per heavy atom. The van der Waals surface area contributed by atoms with E-state index in [0.29, 0.717) is 21.4 Å². The number of thiazole rings is 1. The predicted molar refractivity (Wildman–Crippen MR) is 100 cm³/mol. The second kappa shape index (κ2) is 6.40. The number of phenolic OH excluding ortho intramolecular Hbond substituents is 2. The molecule has 7 nitrogen and oxygen atoms in total. The summed E-state index contributed by atoms with van der Waals surface area (Å²) in [5.41, 5.74) is 0.680. The highest BCUT2D eigenvalue weighted by molar-refractivity contribution is 7.15. The number of hydrogen-bond acceptors (Lipinski definition) is 7. The van der Waals surface area contributed by atoms with Gasteiger partial charge in [-0.25, -0.2) is 9.78 Å². The maximum atomic E-state index is 12.4. The minimum atomic E-state index is -0.821. The van der Waals surface area contributed by atoms with Crippen LogP contribution in [0.15, 0.2) is 46.6 Å². The molecule has 0 bridgehead atoms. The molecule has 2 N–H and O–H groups in total. The highest BCUT2D eigenvalue weighted by Crippen LogP contribution is 2.35. The third-order valence-corrected chi connectivity index (χ3v) is 5.14. The quantitative estimate of drug-likeness (QED) is 0.417. The maximum absolute atomic E-state index is 12.4. The number of fused-ring (bicyclic) bond motifs is 2. The van der Waals surface area contributed by atoms with Crippen molar-refractivity contribution in [2.75, 3.05) is 0 Å². The van der Waals surface area contributed by atoms with E-state index in [1.165, 1.54) is 21.8 Å². The highest BCUT2D eigenvalue weighted by Gasteiger charge is 2.18. The molecule has 27 heavy (non-hydrogen) atoms. The number of esters is 1. The fraction of sp³-hybridized carbons (Fsp3) is 0.105. The van der Waals surface area contributed by atoms with Crippen LogP contribution in [0.3, 0.4) is 0 Å². The van der Waals surface area contributed by atoms with Crippen LogP contribution in [0, 0.1) is 6.92 Å². The Kier molecular flexibility index (Phi) is 4.04. The number of aromatic nitrogens is 2. The Morgan fingerprint density at radius 2 is 1.96 bits per heavy atom. The largest absolute Gasteiger partial charge is 0.507 e. The van der Waals surface area contributed by atoms with E-state index in [2.05, 4.69) is 4.98 Å². The van der Waals surface area contributed by atoms with Crippen molar-refractivity contribution >= 4 is 33.0 Å². The fourth-order valence-corrected chi connectivity index (χ4v) is 3.78. The highest BCUT2D eigenvalue weighted by atomic mass is 32.1. The van der Waals surface area contributed by atoms with Gasteiger partial charge in [-0.15, -0.1) is 11.3 Å². The van der Waals surface area contributed by atoms with Crippen LogP contribution >= 0.6 is 11.3 Å². The molecule has 0 unspecified atom stereocenters. The molecular weight excluding hydrogens is 368 g/mol. The molecule has 2 aromatic heterocycles. The standard InChI is InChI=1S/C19H14N2O5S/c1-10-9-27-19-20-11(6-16(23)21(10)19)8-26-18(25)14-7-15(22)12-4-2-3-5-13(12)17(14)24/h2-7,9,22,24H,8H2,1H3. The number of carbonyl (C=O) groups excluding carboxylic acids is 1. The molecule has 2 heterocycles. The van der Waals surface area contributed by atoms with Gasteiger partial charge in [0.25, 0.3) is 5.56 Å². The van der Waals surface area contributed by atoms with E-state index < -0.39 is 5.97 Å². The molecule has 0 aliphatic carbocycles. The number of benzene rings is 2. The summed E-state index contributed by atoms with van der Waals surface area (Å²) < 4.78 is 6.67. The summed E-state index contributed by atoms with van der Waals surface area (Å²) in [6.07, 6.45) is 0. The van der Waals surface area contributed by atoms with Gasteiger partial charge in [0.1, 0.15) is 23.7 Å². The van der Waals surface area contributed by atoms with Gasteiger partial charge in [0.05, 0.1) is 5.69 Å². The summed E-state index contributed by atoms with van der Waals surface area (Å²) >= 11 is 1.32. The topological polar surface area (TPSA) is 101 Å². The number of aryl methyl sites for hydroxylation is 1. The molecule has 0 saturated carbocycles. The normalized spacial score (nSPS) is 11.1. The molecule has 0 spiro atoms. The SMILES string of the molecule is Cc1csc2nc(COC(=O)c3cc(O)c4ccccc4c3O)cc(=O)n12. The van der Waals surface area contributed by atoms with Crippen LogP contribution in [0.25, 0.3) is 15.7 Å². The van der Waals surface area contributed by atoms with Crippen molar-refractivity contribution in [1.29, 1.82) is 0 Å². The molecule has 0 amide bonds. The summed E-state index contributed by atoms with van der Waals surface area (Å²) in [7, 11) is 0. The zero-order chi connectivity index (χ0) is 19.1. The van der Waals surface area contributed by atoms with Crippen molar-refractivity contribution in [3.63, 3.8) is 0 Å². The van der Waals surface area contributed by atoms with Crippen LogP contribution in [-0.2, 0) is 11.3 Å². The zero-order valence-electron chi connectivity index (χ0n) is 14.2. The third kappa shape index (κ3) is 2.89. The monoisotopic (exact) mass is 382 g/mol. The molecule has 0 saturated heterocycles. The van der Waals surface area contributed by atoms with Gasteiger partial charge >= 0.3 is 5.97 Å². The second-order valence-corrected chi connectivity index (χ2v) is 6.83. The van der Waals surface area contributed by atoms with Gasteiger partial charge in [0.2, 0.25) is 0 Å². The average molecular weight is 382 g/mol. The van der Waals surface area contributed by atoms with E-state index in [0.717, 1.165) is 11.8 Å². The van der Waals surface area contributed by atoms with E-state index in [9.17, 15) is 19.8 Å². The Hall–Kier alpha value is -3.39. The first-order valence-electron chi connectivity index (χ1n) is 8.03. The summed E-state index contributed by atoms with van der Waals surface area (Å²) in [4.78, 5) is 29.4. The van der Waals surface area contributed by atoms with Gasteiger partial charge in [-0.3, -0.25) is 9.20 Å². The average Bonchev–Trinajstić information content (AvgIpc) is 3.04. The van der Waals surface area contributed by atoms with Crippen LogP contribution in [0.4, 0.5) is 0 Å². The van der Waals surface area contributed by atoms with Gasteiger partial charge in [-0.1, -0.05) is 24.3 Å². The van der Waals surface area contributed by atoms with Crippen molar-refractivity contribution < 1.29 is 19.7 Å². The van der Waals surface area contributed by atoms with Crippen LogP contribution in [-0.4, -0.2) is 25.6 Å². The van der Waals surface area contributed by atoms with Crippen molar-refractivity contribution in [2.45, 2.75) is 13.5 Å². The van der Waals surface area contributed by atoms with Crippen molar-refractivity contribution in [3.8, 4) is 11.5 Å². The first-order chi connectivity index (χ1) is 13.0. The maximum Gasteiger partial charge on any atom is 0.342 e. The molecule has 0 atom stereocenters. The summed E-state index contributed by atoms with van der Waals surface area (Å²) in [5, 5.41) is 23.0. The van der Waals surface area contributed by atoms with Crippen LogP contribution in [0.5, 0.6) is 11.5 Å². The van der Waals surface area contributed by atoms with Crippen molar-refractivity contribution in [3.05, 3.63) is 69.1 Å². The lowest BCUT2D eigenvalue weighted by Gasteiger charge is -2.10.